The molecule has 0 unspecified atom stereocenters. The van der Waals surface area contributed by atoms with E-state index in [2.05, 4.69) is 0 Å². The number of nitrogens with zero attached hydrogens (tertiary/aromatic N) is 2. The van der Waals surface area contributed by atoms with Crippen molar-refractivity contribution in [2.75, 3.05) is 34.7 Å². The predicted molar refractivity (Wildman–Crippen MR) is 111 cm³/mol. The van der Waals surface area contributed by atoms with Crippen molar-refractivity contribution in [1.82, 2.24) is 0 Å². The van der Waals surface area contributed by atoms with E-state index >= 15 is 0 Å². The van der Waals surface area contributed by atoms with E-state index in [4.69, 9.17) is 4.74 Å². The molecule has 6 nitrogen and oxygen atoms in total. The number of hydrogen-bond acceptors (Lipinski definition) is 5. The molecule has 0 aromatic heterocycles. The second kappa shape index (κ2) is 7.33. The van der Waals surface area contributed by atoms with Crippen LogP contribution < -0.4 is 13.9 Å². The van der Waals surface area contributed by atoms with Gasteiger partial charge in [-0.2, -0.15) is 0 Å². The number of fused-ring (bicyclic) bond motifs is 2. The number of ether oxygens (including phenoxy) is 1. The number of anilines is 2. The fourth-order valence-electron chi connectivity index (χ4n) is 3.52. The lowest BCUT2D eigenvalue weighted by molar-refractivity contribution is -0.116. The average molecular weight is 419 g/mol. The Morgan fingerprint density at radius 3 is 2.71 bits per heavy atom. The highest BCUT2D eigenvalue weighted by molar-refractivity contribution is 7.99. The summed E-state index contributed by atoms with van der Waals surface area (Å²) in [5.41, 5.74) is 2.19. The van der Waals surface area contributed by atoms with E-state index in [-0.39, 0.29) is 17.3 Å². The summed E-state index contributed by atoms with van der Waals surface area (Å²) < 4.78 is 34.0. The van der Waals surface area contributed by atoms with E-state index in [9.17, 15) is 13.2 Å². The molecule has 28 heavy (non-hydrogen) atoms. The number of sulfonamides is 1. The zero-order valence-corrected chi connectivity index (χ0v) is 17.5. The fraction of sp³-hybridized carbons (Fsp3) is 0.350. The van der Waals surface area contributed by atoms with Gasteiger partial charge < -0.3 is 9.64 Å². The minimum Gasteiger partial charge on any atom is -0.489 e. The van der Waals surface area contributed by atoms with E-state index in [0.717, 1.165) is 22.6 Å². The number of amides is 1. The van der Waals surface area contributed by atoms with Gasteiger partial charge in [-0.1, -0.05) is 6.07 Å². The van der Waals surface area contributed by atoms with Gasteiger partial charge in [0.15, 0.2) is 0 Å². The van der Waals surface area contributed by atoms with Crippen LogP contribution in [0.2, 0.25) is 0 Å². The summed E-state index contributed by atoms with van der Waals surface area (Å²) in [7, 11) is -3.78. The molecular weight excluding hydrogens is 396 g/mol. The van der Waals surface area contributed by atoms with Gasteiger partial charge in [-0.05, 0) is 55.0 Å². The van der Waals surface area contributed by atoms with Crippen molar-refractivity contribution < 1.29 is 17.9 Å². The molecule has 0 saturated heterocycles. The Labute approximate surface area is 169 Å². The highest BCUT2D eigenvalue weighted by Crippen LogP contribution is 2.39. The topological polar surface area (TPSA) is 66.9 Å². The molecule has 8 heteroatoms. The van der Waals surface area contributed by atoms with E-state index in [1.54, 1.807) is 34.9 Å². The lowest BCUT2D eigenvalue weighted by Gasteiger charge is -2.31. The van der Waals surface area contributed by atoms with Crippen molar-refractivity contribution in [1.29, 1.82) is 0 Å². The SMILES string of the molecule is CC(=O)N1CCCSc2ccc(S(=O)(=O)N3CCOc4ccc(C)cc43)cc21. The molecule has 0 bridgehead atoms. The van der Waals surface area contributed by atoms with Gasteiger partial charge in [0, 0.05) is 18.4 Å². The van der Waals surface area contributed by atoms with Gasteiger partial charge in [0.05, 0.1) is 22.8 Å². The van der Waals surface area contributed by atoms with Crippen molar-refractivity contribution >= 4 is 39.1 Å². The number of thioether (sulfide) groups is 1. The van der Waals surface area contributed by atoms with Gasteiger partial charge in [-0.25, -0.2) is 8.42 Å². The summed E-state index contributed by atoms with van der Waals surface area (Å²) in [6.07, 6.45) is 0.872. The van der Waals surface area contributed by atoms with Crippen LogP contribution in [0.25, 0.3) is 0 Å². The molecule has 2 aromatic rings. The Balaban J connectivity index is 1.80. The maximum absolute atomic E-state index is 13.5. The molecule has 0 atom stereocenters. The highest BCUT2D eigenvalue weighted by atomic mass is 32.2. The zero-order chi connectivity index (χ0) is 19.9. The molecule has 0 fully saturated rings. The van der Waals surface area contributed by atoms with Crippen molar-refractivity contribution in [2.24, 2.45) is 0 Å². The average Bonchev–Trinajstić information content (AvgIpc) is 2.89. The first-order chi connectivity index (χ1) is 13.4. The minimum absolute atomic E-state index is 0.0781. The normalized spacial score (nSPS) is 16.6. The summed E-state index contributed by atoms with van der Waals surface area (Å²) in [6.45, 7) is 4.58. The summed E-state index contributed by atoms with van der Waals surface area (Å²) >= 11 is 1.65. The number of carbonyl (C=O) groups excluding carboxylic acids is 1. The third-order valence-corrected chi connectivity index (χ3v) is 7.87. The first-order valence-corrected chi connectivity index (χ1v) is 11.6. The lowest BCUT2D eigenvalue weighted by atomic mass is 10.2. The Bertz CT molecular complexity index is 1040. The fourth-order valence-corrected chi connectivity index (χ4v) is 5.97. The number of carbonyl (C=O) groups is 1. The molecule has 0 saturated carbocycles. The second-order valence-corrected chi connectivity index (χ2v) is 9.90. The van der Waals surface area contributed by atoms with Gasteiger partial charge in [-0.15, -0.1) is 11.8 Å². The van der Waals surface area contributed by atoms with Gasteiger partial charge in [0.2, 0.25) is 5.91 Å². The van der Waals surface area contributed by atoms with E-state index in [0.29, 0.717) is 30.3 Å². The van der Waals surface area contributed by atoms with Crippen LogP contribution in [0.5, 0.6) is 5.75 Å². The van der Waals surface area contributed by atoms with E-state index in [1.807, 2.05) is 25.1 Å². The number of benzene rings is 2. The first-order valence-electron chi connectivity index (χ1n) is 9.19. The van der Waals surface area contributed by atoms with Crippen molar-refractivity contribution in [2.45, 2.75) is 30.1 Å². The third kappa shape index (κ3) is 3.35. The number of rotatable bonds is 2. The Hall–Kier alpha value is -2.19. The highest BCUT2D eigenvalue weighted by Gasteiger charge is 2.31. The lowest BCUT2D eigenvalue weighted by Crippen LogP contribution is -2.38. The van der Waals surface area contributed by atoms with Crippen molar-refractivity contribution in [3.05, 3.63) is 42.0 Å². The third-order valence-electron chi connectivity index (χ3n) is 4.91. The van der Waals surface area contributed by atoms with Crippen LogP contribution in [0.1, 0.15) is 18.9 Å². The van der Waals surface area contributed by atoms with Crippen LogP contribution in [0, 0.1) is 6.92 Å². The van der Waals surface area contributed by atoms with E-state index < -0.39 is 10.0 Å². The quantitative estimate of drug-likeness (QED) is 0.748. The molecular formula is C20H22N2O4S2. The van der Waals surface area contributed by atoms with Crippen molar-refractivity contribution in [3.8, 4) is 5.75 Å². The van der Waals surface area contributed by atoms with Gasteiger partial charge in [0.1, 0.15) is 12.4 Å². The van der Waals surface area contributed by atoms with Crippen LogP contribution in [0.4, 0.5) is 11.4 Å². The maximum atomic E-state index is 13.5. The van der Waals surface area contributed by atoms with Gasteiger partial charge in [-0.3, -0.25) is 9.10 Å². The van der Waals surface area contributed by atoms with Crippen LogP contribution in [-0.2, 0) is 14.8 Å². The predicted octanol–water partition coefficient (Wildman–Crippen LogP) is 3.43. The molecule has 0 N–H and O–H groups in total. The summed E-state index contributed by atoms with van der Waals surface area (Å²) in [5, 5.41) is 0. The first kappa shape index (κ1) is 19.1. The number of hydrogen-bond donors (Lipinski definition) is 0. The number of aryl methyl sites for hydroxylation is 1. The van der Waals surface area contributed by atoms with Gasteiger partial charge >= 0.3 is 0 Å². The minimum atomic E-state index is -3.78. The van der Waals surface area contributed by atoms with Crippen molar-refractivity contribution in [3.63, 3.8) is 0 Å². The van der Waals surface area contributed by atoms with Crippen LogP contribution in [0.3, 0.4) is 0 Å². The monoisotopic (exact) mass is 418 g/mol. The van der Waals surface area contributed by atoms with Gasteiger partial charge in [0.25, 0.3) is 10.0 Å². The molecule has 1 amide bonds. The van der Waals surface area contributed by atoms with Crippen LogP contribution >= 0.6 is 11.8 Å². The van der Waals surface area contributed by atoms with Crippen LogP contribution in [-0.4, -0.2) is 39.8 Å². The molecule has 0 spiro atoms. The molecule has 0 radical (unpaired) electrons. The molecule has 148 valence electrons. The standard InChI is InChI=1S/C20H22N2O4S2/c1-14-4-6-19-17(12-14)22(9-10-26-19)28(24,25)16-5-7-20-18(13-16)21(15(2)23)8-3-11-27-20/h4-7,12-13H,3,8-11H2,1-2H3. The molecule has 2 aliphatic heterocycles. The Kier molecular flexibility index (Phi) is 5.01. The molecule has 2 aromatic carbocycles. The largest absolute Gasteiger partial charge is 0.489 e. The van der Waals surface area contributed by atoms with Crippen LogP contribution in [0.15, 0.2) is 46.2 Å². The Morgan fingerprint density at radius 2 is 1.93 bits per heavy atom. The molecule has 2 aliphatic rings. The molecule has 4 rings (SSSR count). The Morgan fingerprint density at radius 1 is 1.11 bits per heavy atom. The second-order valence-electron chi connectivity index (χ2n) is 6.90. The summed E-state index contributed by atoms with van der Waals surface area (Å²) in [4.78, 5) is 14.9. The smallest absolute Gasteiger partial charge is 0.264 e. The zero-order valence-electron chi connectivity index (χ0n) is 15.8. The summed E-state index contributed by atoms with van der Waals surface area (Å²) in [5.74, 6) is 1.39. The molecule has 0 aliphatic carbocycles. The molecule has 2 heterocycles. The summed E-state index contributed by atoms with van der Waals surface area (Å²) in [6, 6.07) is 10.6. The van der Waals surface area contributed by atoms with E-state index in [1.165, 1.54) is 11.2 Å². The maximum Gasteiger partial charge on any atom is 0.264 e.